The maximum absolute atomic E-state index is 4.21. The summed E-state index contributed by atoms with van der Waals surface area (Å²) in [7, 11) is 0. The zero-order valence-corrected chi connectivity index (χ0v) is 8.56. The molecule has 3 heteroatoms. The van der Waals surface area contributed by atoms with E-state index < -0.39 is 0 Å². The highest BCUT2D eigenvalue weighted by Gasteiger charge is 1.92. The molecular weight excluding hydrogens is 216 g/mol. The summed E-state index contributed by atoms with van der Waals surface area (Å²) in [6.45, 7) is 6.54. The fraction of sp³-hybridized carbons (Fsp3) is 0.222. The molecule has 0 saturated heterocycles. The number of aromatic nitrogens is 1. The van der Waals surface area contributed by atoms with Crippen molar-refractivity contribution in [3.05, 3.63) is 35.0 Å². The smallest absolute Gasteiger partial charge is 0.127 e. The summed E-state index contributed by atoms with van der Waals surface area (Å²) in [5, 5.41) is 3.14. The predicted octanol–water partition coefficient (Wildman–Crippen LogP) is 2.83. The van der Waals surface area contributed by atoms with E-state index in [9.17, 15) is 0 Å². The molecule has 2 nitrogen and oxygen atoms in total. The molecule has 0 spiro atoms. The van der Waals surface area contributed by atoms with E-state index in [0.29, 0.717) is 0 Å². The summed E-state index contributed by atoms with van der Waals surface area (Å²) in [6.07, 6.45) is 0. The Bertz CT molecular complexity index is 284. The van der Waals surface area contributed by atoms with E-state index in [4.69, 9.17) is 0 Å². The van der Waals surface area contributed by atoms with Gasteiger partial charge in [-0.1, -0.05) is 18.2 Å². The summed E-state index contributed by atoms with van der Waals surface area (Å²) < 4.78 is 0.842. The van der Waals surface area contributed by atoms with Crippen LogP contribution >= 0.6 is 15.9 Å². The second-order valence-electron chi connectivity index (χ2n) is 2.66. The van der Waals surface area contributed by atoms with Crippen LogP contribution in [-0.4, -0.2) is 11.5 Å². The average Bonchev–Trinajstić information content (AvgIpc) is 2.01. The van der Waals surface area contributed by atoms with Crippen LogP contribution in [0, 0.1) is 0 Å². The van der Waals surface area contributed by atoms with E-state index in [2.05, 4.69) is 32.8 Å². The Morgan fingerprint density at radius 2 is 2.42 bits per heavy atom. The minimum Gasteiger partial charge on any atom is -0.366 e. The van der Waals surface area contributed by atoms with Gasteiger partial charge in [0, 0.05) is 6.54 Å². The zero-order valence-electron chi connectivity index (χ0n) is 6.97. The van der Waals surface area contributed by atoms with Crippen molar-refractivity contribution in [1.82, 2.24) is 4.98 Å². The molecule has 0 atom stereocenters. The number of pyridine rings is 1. The predicted molar refractivity (Wildman–Crippen MR) is 55.2 cm³/mol. The van der Waals surface area contributed by atoms with Crippen LogP contribution < -0.4 is 5.32 Å². The molecule has 0 saturated carbocycles. The van der Waals surface area contributed by atoms with E-state index in [0.717, 1.165) is 22.5 Å². The van der Waals surface area contributed by atoms with Gasteiger partial charge >= 0.3 is 0 Å². The lowest BCUT2D eigenvalue weighted by molar-refractivity contribution is 1.15. The van der Waals surface area contributed by atoms with Crippen LogP contribution in [0.3, 0.4) is 0 Å². The quantitative estimate of drug-likeness (QED) is 0.634. The Labute approximate surface area is 80.8 Å². The van der Waals surface area contributed by atoms with E-state index in [1.807, 2.05) is 25.1 Å². The Hall–Kier alpha value is -0.830. The topological polar surface area (TPSA) is 24.9 Å². The summed E-state index contributed by atoms with van der Waals surface area (Å²) in [5.74, 6) is 0.868. The van der Waals surface area contributed by atoms with Crippen LogP contribution in [0.25, 0.3) is 0 Å². The molecule has 0 aliphatic carbocycles. The third-order valence-electron chi connectivity index (χ3n) is 1.29. The first-order valence-electron chi connectivity index (χ1n) is 3.69. The van der Waals surface area contributed by atoms with Crippen LogP contribution in [0.5, 0.6) is 0 Å². The molecule has 0 fully saturated rings. The monoisotopic (exact) mass is 226 g/mol. The first-order valence-corrected chi connectivity index (χ1v) is 4.48. The molecule has 1 aromatic rings. The lowest BCUT2D eigenvalue weighted by Crippen LogP contribution is -2.03. The van der Waals surface area contributed by atoms with Gasteiger partial charge in [-0.15, -0.1) is 0 Å². The van der Waals surface area contributed by atoms with Crippen LogP contribution in [0.1, 0.15) is 6.92 Å². The minimum atomic E-state index is 0.767. The van der Waals surface area contributed by atoms with Crippen LogP contribution in [0.2, 0.25) is 0 Å². The number of hydrogen-bond donors (Lipinski definition) is 1. The number of halogens is 1. The molecule has 0 aliphatic rings. The second-order valence-corrected chi connectivity index (χ2v) is 3.47. The lowest BCUT2D eigenvalue weighted by Gasteiger charge is -2.04. The number of hydrogen-bond acceptors (Lipinski definition) is 2. The van der Waals surface area contributed by atoms with Crippen LogP contribution in [0.4, 0.5) is 5.82 Å². The van der Waals surface area contributed by atoms with Gasteiger partial charge in [-0.3, -0.25) is 0 Å². The van der Waals surface area contributed by atoms with Gasteiger partial charge in [-0.2, -0.15) is 0 Å². The fourth-order valence-corrected chi connectivity index (χ4v) is 1.09. The highest BCUT2D eigenvalue weighted by atomic mass is 79.9. The van der Waals surface area contributed by atoms with Crippen molar-refractivity contribution in [3.8, 4) is 0 Å². The molecule has 1 aromatic heterocycles. The van der Waals surface area contributed by atoms with Gasteiger partial charge in [0.25, 0.3) is 0 Å². The van der Waals surface area contributed by atoms with Crippen molar-refractivity contribution in [1.29, 1.82) is 0 Å². The molecule has 0 aromatic carbocycles. The summed E-state index contributed by atoms with van der Waals surface area (Å²) in [6, 6.07) is 5.76. The van der Waals surface area contributed by atoms with Crippen molar-refractivity contribution < 1.29 is 0 Å². The summed E-state index contributed by atoms with van der Waals surface area (Å²) >= 11 is 3.30. The SMILES string of the molecule is C=C(C)CNc1cccc(Br)n1. The largest absolute Gasteiger partial charge is 0.366 e. The van der Waals surface area contributed by atoms with E-state index >= 15 is 0 Å². The molecule has 1 N–H and O–H groups in total. The van der Waals surface area contributed by atoms with Gasteiger partial charge < -0.3 is 5.32 Å². The molecule has 64 valence electrons. The molecule has 1 rings (SSSR count). The summed E-state index contributed by atoms with van der Waals surface area (Å²) in [5.41, 5.74) is 1.09. The Morgan fingerprint density at radius 3 is 3.00 bits per heavy atom. The van der Waals surface area contributed by atoms with Gasteiger partial charge in [0.05, 0.1) is 0 Å². The fourth-order valence-electron chi connectivity index (χ4n) is 0.748. The van der Waals surface area contributed by atoms with E-state index in [1.54, 1.807) is 0 Å². The van der Waals surface area contributed by atoms with Gasteiger partial charge in [0.1, 0.15) is 10.4 Å². The minimum absolute atomic E-state index is 0.767. The highest BCUT2D eigenvalue weighted by molar-refractivity contribution is 9.10. The Morgan fingerprint density at radius 1 is 1.67 bits per heavy atom. The molecule has 12 heavy (non-hydrogen) atoms. The molecule has 0 unspecified atom stereocenters. The highest BCUT2D eigenvalue weighted by Crippen LogP contribution is 2.09. The number of nitrogens with one attached hydrogen (secondary N) is 1. The molecule has 0 aliphatic heterocycles. The van der Waals surface area contributed by atoms with Gasteiger partial charge in [-0.05, 0) is 35.0 Å². The normalized spacial score (nSPS) is 9.50. The molecule has 0 radical (unpaired) electrons. The second kappa shape index (κ2) is 4.26. The standard InChI is InChI=1S/C9H11BrN2/c1-7(2)6-11-9-5-3-4-8(10)12-9/h3-5H,1,6H2,2H3,(H,11,12). The third kappa shape index (κ3) is 3.05. The van der Waals surface area contributed by atoms with Crippen LogP contribution in [-0.2, 0) is 0 Å². The van der Waals surface area contributed by atoms with Crippen molar-refractivity contribution in [2.45, 2.75) is 6.92 Å². The molecular formula is C9H11BrN2. The van der Waals surface area contributed by atoms with Gasteiger partial charge in [0.2, 0.25) is 0 Å². The van der Waals surface area contributed by atoms with Crippen molar-refractivity contribution in [3.63, 3.8) is 0 Å². The number of rotatable bonds is 3. The van der Waals surface area contributed by atoms with Crippen molar-refractivity contribution in [2.24, 2.45) is 0 Å². The summed E-state index contributed by atoms with van der Waals surface area (Å²) in [4.78, 5) is 4.21. The average molecular weight is 227 g/mol. The van der Waals surface area contributed by atoms with E-state index in [-0.39, 0.29) is 0 Å². The van der Waals surface area contributed by atoms with Crippen LogP contribution in [0.15, 0.2) is 35.0 Å². The first-order chi connectivity index (χ1) is 5.68. The zero-order chi connectivity index (χ0) is 8.97. The maximum atomic E-state index is 4.21. The lowest BCUT2D eigenvalue weighted by atomic mass is 10.3. The number of nitrogens with zero attached hydrogens (tertiary/aromatic N) is 1. The maximum Gasteiger partial charge on any atom is 0.127 e. The van der Waals surface area contributed by atoms with Gasteiger partial charge in [0.15, 0.2) is 0 Å². The molecule has 0 bridgehead atoms. The Balaban J connectivity index is 2.57. The first kappa shape index (κ1) is 9.26. The van der Waals surface area contributed by atoms with Gasteiger partial charge in [-0.25, -0.2) is 4.98 Å². The van der Waals surface area contributed by atoms with Crippen molar-refractivity contribution >= 4 is 21.7 Å². The van der Waals surface area contributed by atoms with Crippen molar-refractivity contribution in [2.75, 3.05) is 11.9 Å². The molecule has 0 amide bonds. The third-order valence-corrected chi connectivity index (χ3v) is 1.73. The molecule has 1 heterocycles. The van der Waals surface area contributed by atoms with E-state index in [1.165, 1.54) is 0 Å². The Kier molecular flexibility index (Phi) is 3.29. The number of anilines is 1.